The van der Waals surface area contributed by atoms with Gasteiger partial charge in [0.1, 0.15) is 11.7 Å². The van der Waals surface area contributed by atoms with Crippen molar-refractivity contribution in [1.29, 1.82) is 5.26 Å². The van der Waals surface area contributed by atoms with Crippen molar-refractivity contribution in [3.63, 3.8) is 0 Å². The lowest BCUT2D eigenvalue weighted by Gasteiger charge is -2.29. The maximum atomic E-state index is 12.4. The fraction of sp³-hybridized carbons (Fsp3) is 0.333. The van der Waals surface area contributed by atoms with Gasteiger partial charge < -0.3 is 4.57 Å². The van der Waals surface area contributed by atoms with E-state index in [0.29, 0.717) is 10.6 Å². The zero-order valence-corrected chi connectivity index (χ0v) is 17.8. The molecule has 0 spiro atoms. The second kappa shape index (κ2) is 7.45. The minimum absolute atomic E-state index is 0.193. The molecule has 1 saturated carbocycles. The Hall–Kier alpha value is -2.40. The molecule has 3 aromatic rings. The second-order valence-corrected chi connectivity index (χ2v) is 9.77. The zero-order chi connectivity index (χ0) is 20.8. The van der Waals surface area contributed by atoms with Crippen LogP contribution in [0.15, 0.2) is 41.4 Å². The summed E-state index contributed by atoms with van der Waals surface area (Å²) in [5.74, 6) is 0. The number of benzene rings is 1. The predicted molar refractivity (Wildman–Crippen MR) is 113 cm³/mol. The van der Waals surface area contributed by atoms with Gasteiger partial charge in [0, 0.05) is 23.7 Å². The van der Waals surface area contributed by atoms with E-state index < -0.39 is 10.0 Å². The highest BCUT2D eigenvalue weighted by molar-refractivity contribution is 7.89. The van der Waals surface area contributed by atoms with Gasteiger partial charge in [-0.3, -0.25) is 0 Å². The predicted octanol–water partition coefficient (Wildman–Crippen LogP) is 4.64. The largest absolute Gasteiger partial charge is 0.321 e. The lowest BCUT2D eigenvalue weighted by molar-refractivity contribution is 0.323. The summed E-state index contributed by atoms with van der Waals surface area (Å²) in [5.41, 5.74) is 2.80. The van der Waals surface area contributed by atoms with Crippen LogP contribution < -0.4 is 4.72 Å². The maximum Gasteiger partial charge on any atom is 0.240 e. The number of hydrogen-bond acceptors (Lipinski definition) is 4. The molecule has 4 rings (SSSR count). The SMILES string of the molecule is CC(C)NS(=O)(=O)c1ccc(-c2c(C#N)c3cc(Cl)cnc3n2C2CCC2)cc1. The molecule has 0 amide bonds. The van der Waals surface area contributed by atoms with Crippen LogP contribution in [0.5, 0.6) is 0 Å². The second-order valence-electron chi connectivity index (χ2n) is 7.62. The standard InChI is InChI=1S/C21H21ClN4O2S/c1-13(2)25-29(27,28)17-8-6-14(7-9-17)20-19(11-23)18-10-15(22)12-24-21(18)26(20)16-4-3-5-16/h6-10,12-13,16,25H,3-5H2,1-2H3. The number of hydrogen-bond donors (Lipinski definition) is 1. The van der Waals surface area contributed by atoms with Crippen LogP contribution in [0.3, 0.4) is 0 Å². The summed E-state index contributed by atoms with van der Waals surface area (Å²) >= 11 is 6.14. The summed E-state index contributed by atoms with van der Waals surface area (Å²) in [6, 6.07) is 10.8. The average molecular weight is 429 g/mol. The van der Waals surface area contributed by atoms with Gasteiger partial charge in [0.25, 0.3) is 0 Å². The van der Waals surface area contributed by atoms with E-state index in [1.54, 1.807) is 50.4 Å². The van der Waals surface area contributed by atoms with Crippen LogP contribution in [0.4, 0.5) is 0 Å². The van der Waals surface area contributed by atoms with Gasteiger partial charge in [-0.15, -0.1) is 0 Å². The number of halogens is 1. The minimum atomic E-state index is -3.58. The quantitative estimate of drug-likeness (QED) is 0.641. The van der Waals surface area contributed by atoms with Crippen molar-refractivity contribution in [3.05, 3.63) is 47.1 Å². The third-order valence-corrected chi connectivity index (χ3v) is 7.07. The fourth-order valence-electron chi connectivity index (χ4n) is 3.73. The molecule has 2 heterocycles. The van der Waals surface area contributed by atoms with Gasteiger partial charge in [0.15, 0.2) is 0 Å². The molecule has 0 radical (unpaired) electrons. The molecule has 150 valence electrons. The van der Waals surface area contributed by atoms with Crippen molar-refractivity contribution >= 4 is 32.7 Å². The number of rotatable bonds is 5. The summed E-state index contributed by atoms with van der Waals surface area (Å²) < 4.78 is 29.6. The molecule has 1 aliphatic carbocycles. The van der Waals surface area contributed by atoms with Gasteiger partial charge >= 0.3 is 0 Å². The molecule has 2 aromatic heterocycles. The van der Waals surface area contributed by atoms with Crippen LogP contribution in [-0.4, -0.2) is 24.0 Å². The van der Waals surface area contributed by atoms with E-state index in [2.05, 4.69) is 20.3 Å². The molecular formula is C21H21ClN4O2S. The molecule has 6 nitrogen and oxygen atoms in total. The van der Waals surface area contributed by atoms with E-state index in [1.165, 1.54) is 0 Å². The van der Waals surface area contributed by atoms with Crippen molar-refractivity contribution in [2.75, 3.05) is 0 Å². The van der Waals surface area contributed by atoms with Crippen molar-refractivity contribution in [1.82, 2.24) is 14.3 Å². The van der Waals surface area contributed by atoms with Crippen molar-refractivity contribution in [2.24, 2.45) is 0 Å². The van der Waals surface area contributed by atoms with Gasteiger partial charge in [0.2, 0.25) is 10.0 Å². The highest BCUT2D eigenvalue weighted by atomic mass is 35.5. The highest BCUT2D eigenvalue weighted by Crippen LogP contribution is 2.42. The molecule has 1 fully saturated rings. The first-order valence-electron chi connectivity index (χ1n) is 9.54. The molecule has 1 aromatic carbocycles. The molecule has 8 heteroatoms. The van der Waals surface area contributed by atoms with E-state index in [9.17, 15) is 13.7 Å². The molecule has 0 saturated heterocycles. The van der Waals surface area contributed by atoms with Gasteiger partial charge in [-0.05, 0) is 56.9 Å². The Morgan fingerprint density at radius 1 is 1.28 bits per heavy atom. The Kier molecular flexibility index (Phi) is 5.11. The first-order chi connectivity index (χ1) is 13.8. The van der Waals surface area contributed by atoms with Gasteiger partial charge in [-0.2, -0.15) is 5.26 Å². The lowest BCUT2D eigenvalue weighted by atomic mass is 9.92. The van der Waals surface area contributed by atoms with Crippen LogP contribution in [0.1, 0.15) is 44.7 Å². The first kappa shape index (κ1) is 19.9. The van der Waals surface area contributed by atoms with E-state index >= 15 is 0 Å². The molecule has 1 aliphatic rings. The molecule has 0 unspecified atom stereocenters. The minimum Gasteiger partial charge on any atom is -0.321 e. The van der Waals surface area contributed by atoms with Gasteiger partial charge in [0.05, 0.1) is 21.2 Å². The Balaban J connectivity index is 1.89. The number of sulfonamides is 1. The molecule has 0 aliphatic heterocycles. The smallest absolute Gasteiger partial charge is 0.240 e. The Bertz CT molecular complexity index is 1220. The van der Waals surface area contributed by atoms with Gasteiger partial charge in [-0.1, -0.05) is 23.7 Å². The van der Waals surface area contributed by atoms with E-state index in [-0.39, 0.29) is 17.0 Å². The molecule has 0 atom stereocenters. The zero-order valence-electron chi connectivity index (χ0n) is 16.2. The van der Waals surface area contributed by atoms with Crippen molar-refractivity contribution in [2.45, 2.75) is 50.1 Å². The van der Waals surface area contributed by atoms with Crippen LogP contribution in [0.25, 0.3) is 22.3 Å². The lowest BCUT2D eigenvalue weighted by Crippen LogP contribution is -2.30. The van der Waals surface area contributed by atoms with E-state index in [0.717, 1.165) is 41.6 Å². The Morgan fingerprint density at radius 2 is 1.97 bits per heavy atom. The van der Waals surface area contributed by atoms with Gasteiger partial charge in [-0.25, -0.2) is 18.1 Å². The fourth-order valence-corrected chi connectivity index (χ4v) is 5.14. The Morgan fingerprint density at radius 3 is 2.52 bits per heavy atom. The molecule has 1 N–H and O–H groups in total. The van der Waals surface area contributed by atoms with Crippen LogP contribution in [0, 0.1) is 11.3 Å². The monoisotopic (exact) mass is 428 g/mol. The summed E-state index contributed by atoms with van der Waals surface area (Å²) in [5, 5.41) is 11.1. The third-order valence-electron chi connectivity index (χ3n) is 5.19. The summed E-state index contributed by atoms with van der Waals surface area (Å²) in [4.78, 5) is 4.70. The number of nitriles is 1. The summed E-state index contributed by atoms with van der Waals surface area (Å²) in [6.07, 6.45) is 4.78. The first-order valence-corrected chi connectivity index (χ1v) is 11.4. The third kappa shape index (κ3) is 3.52. The Labute approximate surface area is 175 Å². The molecule has 0 bridgehead atoms. The van der Waals surface area contributed by atoms with Crippen molar-refractivity contribution < 1.29 is 8.42 Å². The number of aromatic nitrogens is 2. The van der Waals surface area contributed by atoms with Crippen LogP contribution >= 0.6 is 11.6 Å². The molecular weight excluding hydrogens is 408 g/mol. The molecule has 29 heavy (non-hydrogen) atoms. The van der Waals surface area contributed by atoms with Crippen molar-refractivity contribution in [3.8, 4) is 17.3 Å². The number of fused-ring (bicyclic) bond motifs is 1. The maximum absolute atomic E-state index is 12.4. The number of nitrogens with one attached hydrogen (secondary N) is 1. The average Bonchev–Trinajstić information content (AvgIpc) is 2.92. The van der Waals surface area contributed by atoms with Crippen LogP contribution in [-0.2, 0) is 10.0 Å². The number of pyridine rings is 1. The normalized spacial score (nSPS) is 14.9. The summed E-state index contributed by atoms with van der Waals surface area (Å²) in [7, 11) is -3.58. The van der Waals surface area contributed by atoms with E-state index in [4.69, 9.17) is 11.6 Å². The number of nitrogens with zero attached hydrogens (tertiary/aromatic N) is 3. The summed E-state index contributed by atoms with van der Waals surface area (Å²) in [6.45, 7) is 3.56. The highest BCUT2D eigenvalue weighted by Gasteiger charge is 2.28. The topological polar surface area (TPSA) is 87.8 Å². The van der Waals surface area contributed by atoms with E-state index in [1.807, 2.05) is 0 Å². The van der Waals surface area contributed by atoms with Crippen LogP contribution in [0.2, 0.25) is 5.02 Å².